The second-order valence-corrected chi connectivity index (χ2v) is 17.0. The zero-order chi connectivity index (χ0) is 42.4. The Bertz CT molecular complexity index is 2320. The van der Waals surface area contributed by atoms with Crippen LogP contribution in [0.1, 0.15) is 202 Å². The highest BCUT2D eigenvalue weighted by molar-refractivity contribution is 6.44. The van der Waals surface area contributed by atoms with Crippen molar-refractivity contribution in [2.75, 3.05) is 13.1 Å². The number of fused-ring (bicyclic) bond motifs is 2. The van der Waals surface area contributed by atoms with Crippen molar-refractivity contribution in [2.24, 2.45) is 10.7 Å². The number of amidine groups is 1. The van der Waals surface area contributed by atoms with Gasteiger partial charge in [0.1, 0.15) is 5.84 Å². The van der Waals surface area contributed by atoms with Crippen LogP contribution in [0.5, 0.6) is 0 Å². The van der Waals surface area contributed by atoms with Gasteiger partial charge in [0.25, 0.3) is 17.7 Å². The van der Waals surface area contributed by atoms with E-state index in [9.17, 15) is 24.3 Å². The van der Waals surface area contributed by atoms with Crippen LogP contribution in [0.3, 0.4) is 0 Å². The molecule has 0 unspecified atom stereocenters. The summed E-state index contributed by atoms with van der Waals surface area (Å²) in [4.78, 5) is 60.3. The minimum absolute atomic E-state index is 0.0249. The summed E-state index contributed by atoms with van der Waals surface area (Å²) in [5, 5.41) is 21.2. The molecule has 5 aromatic rings. The average molecular weight is 815 g/mol. The molecule has 60 heavy (non-hydrogen) atoms. The topological polar surface area (TPSA) is 151 Å². The molecule has 0 aliphatic carbocycles. The van der Waals surface area contributed by atoms with E-state index < -0.39 is 23.7 Å². The highest BCUT2D eigenvalue weighted by Gasteiger charge is 2.38. The number of nitrogens with zero attached hydrogens (tertiary/aromatic N) is 1. The van der Waals surface area contributed by atoms with Gasteiger partial charge in [0.15, 0.2) is 0 Å². The minimum atomic E-state index is -1.30. The number of carbonyl (C=O) groups excluding carboxylic acids is 3. The van der Waals surface area contributed by atoms with E-state index in [1.807, 2.05) is 36.4 Å². The third kappa shape index (κ3) is 10.1. The number of nitrogens with two attached hydrogens (primary N) is 1. The van der Waals surface area contributed by atoms with Gasteiger partial charge in [-0.05, 0) is 51.2 Å². The highest BCUT2D eigenvalue weighted by Crippen LogP contribution is 2.47. The van der Waals surface area contributed by atoms with E-state index in [1.54, 1.807) is 0 Å². The van der Waals surface area contributed by atoms with Gasteiger partial charge in [-0.2, -0.15) is 0 Å². The summed E-state index contributed by atoms with van der Waals surface area (Å²) in [6.07, 6.45) is 26.1. The number of carboxylic acids is 1. The molecule has 0 atom stereocenters. The number of benzene rings is 5. The molecule has 0 aromatic heterocycles. The van der Waals surface area contributed by atoms with Crippen LogP contribution in [0, 0.1) is 0 Å². The smallest absolute Gasteiger partial charge is 0.336 e. The number of hydrogen-bond donors (Lipinski definition) is 4. The monoisotopic (exact) mass is 815 g/mol. The molecule has 1 aliphatic rings. The number of rotatable bonds is 27. The Hall–Kier alpha value is -5.05. The molecule has 0 saturated heterocycles. The normalized spacial score (nSPS) is 13.0. The van der Waals surface area contributed by atoms with Gasteiger partial charge < -0.3 is 16.2 Å². The van der Waals surface area contributed by atoms with E-state index >= 15 is 0 Å². The van der Waals surface area contributed by atoms with Crippen molar-refractivity contribution in [1.82, 2.24) is 10.6 Å². The molecule has 5 aromatic carbocycles. The Balaban J connectivity index is 1.34. The van der Waals surface area contributed by atoms with E-state index in [0.717, 1.165) is 66.5 Å². The maximum Gasteiger partial charge on any atom is 0.336 e. The van der Waals surface area contributed by atoms with E-state index in [-0.39, 0.29) is 33.5 Å². The van der Waals surface area contributed by atoms with Gasteiger partial charge in [-0.3, -0.25) is 24.7 Å². The quantitative estimate of drug-likeness (QED) is 0.0103. The number of imide groups is 1. The second-order valence-electron chi connectivity index (χ2n) is 17.0. The molecule has 320 valence electrons. The summed E-state index contributed by atoms with van der Waals surface area (Å²) in [7, 11) is 0. The lowest BCUT2D eigenvalue weighted by atomic mass is 9.78. The number of carboxylic acid groups (broad SMARTS) is 1. The Kier molecular flexibility index (Phi) is 16.3. The summed E-state index contributed by atoms with van der Waals surface area (Å²) >= 11 is 0. The van der Waals surface area contributed by atoms with Gasteiger partial charge in [-0.1, -0.05) is 179 Å². The van der Waals surface area contributed by atoms with E-state index in [2.05, 4.69) is 24.5 Å². The fourth-order valence-electron chi connectivity index (χ4n) is 9.43. The van der Waals surface area contributed by atoms with Gasteiger partial charge in [-0.25, -0.2) is 4.79 Å². The Morgan fingerprint density at radius 2 is 1.12 bits per heavy atom. The third-order valence-electron chi connectivity index (χ3n) is 12.5. The SMILES string of the molecule is CCCCCCCCCCCCCN=C(N)c1c(C(=O)NCCCCCCCCCCCCC)c2c3c(c(C(=O)O)cc4c5cccc6cccc(c1c34)c65)C(=O)NC2=O. The van der Waals surface area contributed by atoms with Gasteiger partial charge in [-0.15, -0.1) is 0 Å². The van der Waals surface area contributed by atoms with Crippen molar-refractivity contribution >= 4 is 72.6 Å². The largest absolute Gasteiger partial charge is 0.478 e. The molecule has 0 spiro atoms. The Morgan fingerprint density at radius 3 is 1.68 bits per heavy atom. The molecule has 3 amide bonds. The lowest BCUT2D eigenvalue weighted by molar-refractivity contribution is 0.0687. The van der Waals surface area contributed by atoms with Crippen LogP contribution in [0.4, 0.5) is 0 Å². The third-order valence-corrected chi connectivity index (χ3v) is 12.5. The molecule has 1 heterocycles. The first-order valence-corrected chi connectivity index (χ1v) is 23.2. The van der Waals surface area contributed by atoms with Crippen LogP contribution in [-0.4, -0.2) is 47.7 Å². The molecule has 9 nitrogen and oxygen atoms in total. The molecule has 1 aliphatic heterocycles. The van der Waals surface area contributed by atoms with Crippen molar-refractivity contribution in [3.63, 3.8) is 0 Å². The number of amides is 3. The molecule has 0 bridgehead atoms. The Labute approximate surface area is 355 Å². The van der Waals surface area contributed by atoms with Crippen molar-refractivity contribution in [3.8, 4) is 0 Å². The lowest BCUT2D eigenvalue weighted by Gasteiger charge is -2.27. The van der Waals surface area contributed by atoms with E-state index in [1.165, 1.54) is 102 Å². The molecule has 0 saturated carbocycles. The molecule has 0 fully saturated rings. The van der Waals surface area contributed by atoms with Gasteiger partial charge in [0.2, 0.25) is 0 Å². The zero-order valence-corrected chi connectivity index (χ0v) is 36.1. The zero-order valence-electron chi connectivity index (χ0n) is 36.1. The molecule has 9 heteroatoms. The van der Waals surface area contributed by atoms with Crippen LogP contribution in [0.25, 0.3) is 43.1 Å². The molecular weight excluding hydrogens is 749 g/mol. The second kappa shape index (κ2) is 22.0. The van der Waals surface area contributed by atoms with E-state index in [0.29, 0.717) is 34.8 Å². The lowest BCUT2D eigenvalue weighted by Crippen LogP contribution is -2.40. The summed E-state index contributed by atoms with van der Waals surface area (Å²) in [5.74, 6) is -3.22. The molecular formula is C51H66N4O5. The van der Waals surface area contributed by atoms with Gasteiger partial charge in [0.05, 0.1) is 22.3 Å². The summed E-state index contributed by atoms with van der Waals surface area (Å²) in [5.41, 5.74) is 6.99. The maximum atomic E-state index is 14.7. The van der Waals surface area contributed by atoms with Crippen molar-refractivity contribution < 1.29 is 24.3 Å². The first-order chi connectivity index (χ1) is 29.3. The van der Waals surface area contributed by atoms with Crippen molar-refractivity contribution in [2.45, 2.75) is 155 Å². The fourth-order valence-corrected chi connectivity index (χ4v) is 9.43. The van der Waals surface area contributed by atoms with Gasteiger partial charge in [0, 0.05) is 29.4 Å². The predicted molar refractivity (Wildman–Crippen MR) is 247 cm³/mol. The Morgan fingerprint density at radius 1 is 0.600 bits per heavy atom. The molecule has 6 rings (SSSR count). The van der Waals surface area contributed by atoms with Crippen molar-refractivity contribution in [1.29, 1.82) is 0 Å². The number of unbranched alkanes of at least 4 members (excludes halogenated alkanes) is 20. The summed E-state index contributed by atoms with van der Waals surface area (Å²) in [6.45, 7) is 5.33. The molecule has 0 radical (unpaired) electrons. The standard InChI is InChI=1S/C51H66N4O5/c1-3-5-7-9-11-13-15-17-19-21-23-31-53-47(52)44-40-36-30-26-28-34-27-25-29-35(39(34)36)37-33-38(51(59)60)42-43(41(37)40)45(50(58)55-49(42)57)46(44)48(56)54-32-24-22-20-18-16-14-12-10-8-6-4-2/h25-30,33H,3-24,31-32H2,1-2H3,(H2,52,53)(H,54,56)(H,59,60)(H,55,57,58). The number of hydrogen-bond acceptors (Lipinski definition) is 5. The predicted octanol–water partition coefficient (Wildman–Crippen LogP) is 12.4. The fraction of sp³-hybridized carbons (Fsp3) is 0.510. The van der Waals surface area contributed by atoms with E-state index in [4.69, 9.17) is 10.7 Å². The van der Waals surface area contributed by atoms with Crippen LogP contribution < -0.4 is 16.4 Å². The number of aromatic carboxylic acids is 1. The number of carbonyl (C=O) groups is 4. The minimum Gasteiger partial charge on any atom is -0.478 e. The van der Waals surface area contributed by atoms with Gasteiger partial charge >= 0.3 is 5.97 Å². The summed E-state index contributed by atoms with van der Waals surface area (Å²) < 4.78 is 0. The first kappa shape index (κ1) is 44.5. The van der Waals surface area contributed by atoms with Crippen LogP contribution in [-0.2, 0) is 0 Å². The summed E-state index contributed by atoms with van der Waals surface area (Å²) in [6, 6.07) is 13.3. The van der Waals surface area contributed by atoms with Crippen LogP contribution in [0.15, 0.2) is 47.5 Å². The van der Waals surface area contributed by atoms with Crippen molar-refractivity contribution in [3.05, 3.63) is 70.3 Å². The molecule has 5 N–H and O–H groups in total. The first-order valence-electron chi connectivity index (χ1n) is 23.2. The number of aliphatic imine (C=N–C) groups is 1. The maximum absolute atomic E-state index is 14.7. The highest BCUT2D eigenvalue weighted by atomic mass is 16.4. The number of nitrogens with one attached hydrogen (secondary N) is 2. The van der Waals surface area contributed by atoms with Crippen LogP contribution >= 0.6 is 0 Å². The average Bonchev–Trinajstić information content (AvgIpc) is 3.24. The van der Waals surface area contributed by atoms with Crippen LogP contribution in [0.2, 0.25) is 0 Å².